The minimum atomic E-state index is -0.250. The van der Waals surface area contributed by atoms with Crippen LogP contribution in [-0.2, 0) is 11.3 Å². The predicted octanol–water partition coefficient (Wildman–Crippen LogP) is 1.89. The monoisotopic (exact) mass is 293 g/mol. The van der Waals surface area contributed by atoms with Crippen LogP contribution in [0.1, 0.15) is 11.1 Å². The molecule has 1 heterocycles. The van der Waals surface area contributed by atoms with Crippen LogP contribution >= 0.6 is 0 Å². The number of hydrogen-bond acceptors (Lipinski definition) is 4. The molecule has 1 aromatic heterocycles. The SMILES string of the molecule is Cc1cccc(/C=N/NC(=O)Cn2nnc3ccccc32)c1. The van der Waals surface area contributed by atoms with Crippen LogP contribution in [-0.4, -0.2) is 27.1 Å². The summed E-state index contributed by atoms with van der Waals surface area (Å²) in [4.78, 5) is 11.9. The lowest BCUT2D eigenvalue weighted by molar-refractivity contribution is -0.121. The molecule has 6 nitrogen and oxygen atoms in total. The van der Waals surface area contributed by atoms with Crippen molar-refractivity contribution < 1.29 is 4.79 Å². The molecule has 110 valence electrons. The van der Waals surface area contributed by atoms with Crippen LogP contribution in [0.3, 0.4) is 0 Å². The molecule has 0 unspecified atom stereocenters. The molecule has 1 amide bonds. The van der Waals surface area contributed by atoms with Gasteiger partial charge in [0.15, 0.2) is 0 Å². The Hall–Kier alpha value is -3.02. The fourth-order valence-electron chi connectivity index (χ4n) is 2.13. The number of nitrogens with zero attached hydrogens (tertiary/aromatic N) is 4. The highest BCUT2D eigenvalue weighted by molar-refractivity contribution is 5.83. The average Bonchev–Trinajstić information content (AvgIpc) is 2.91. The molecule has 0 aliphatic heterocycles. The van der Waals surface area contributed by atoms with Crippen LogP contribution in [0.5, 0.6) is 0 Å². The van der Waals surface area contributed by atoms with Gasteiger partial charge in [0.1, 0.15) is 12.1 Å². The summed E-state index contributed by atoms with van der Waals surface area (Å²) in [5.41, 5.74) is 6.16. The van der Waals surface area contributed by atoms with Crippen molar-refractivity contribution in [3.05, 3.63) is 59.7 Å². The summed E-state index contributed by atoms with van der Waals surface area (Å²) < 4.78 is 1.55. The number of carbonyl (C=O) groups is 1. The van der Waals surface area contributed by atoms with Gasteiger partial charge >= 0.3 is 0 Å². The molecule has 0 spiro atoms. The van der Waals surface area contributed by atoms with E-state index >= 15 is 0 Å². The standard InChI is InChI=1S/C16H15N5O/c1-12-5-4-6-13(9-12)10-17-19-16(22)11-21-15-8-3-2-7-14(15)18-20-21/h2-10H,11H2,1H3,(H,19,22)/b17-10+. The Morgan fingerprint density at radius 3 is 3.00 bits per heavy atom. The van der Waals surface area contributed by atoms with E-state index in [1.54, 1.807) is 10.9 Å². The zero-order valence-corrected chi connectivity index (χ0v) is 12.1. The number of benzene rings is 2. The third-order valence-electron chi connectivity index (χ3n) is 3.16. The van der Waals surface area contributed by atoms with Gasteiger partial charge in [-0.05, 0) is 24.6 Å². The summed E-state index contributed by atoms with van der Waals surface area (Å²) in [5, 5.41) is 11.9. The first-order valence-corrected chi connectivity index (χ1v) is 6.89. The second-order valence-electron chi connectivity index (χ2n) is 4.94. The summed E-state index contributed by atoms with van der Waals surface area (Å²) >= 11 is 0. The number of nitrogens with one attached hydrogen (secondary N) is 1. The zero-order valence-electron chi connectivity index (χ0n) is 12.1. The first-order valence-electron chi connectivity index (χ1n) is 6.89. The summed E-state index contributed by atoms with van der Waals surface area (Å²) in [5.74, 6) is -0.250. The van der Waals surface area contributed by atoms with E-state index in [1.165, 1.54) is 0 Å². The number of aromatic nitrogens is 3. The second-order valence-corrected chi connectivity index (χ2v) is 4.94. The van der Waals surface area contributed by atoms with E-state index in [-0.39, 0.29) is 12.5 Å². The molecule has 22 heavy (non-hydrogen) atoms. The summed E-state index contributed by atoms with van der Waals surface area (Å²) in [6.07, 6.45) is 1.62. The molecule has 0 bridgehead atoms. The highest BCUT2D eigenvalue weighted by Crippen LogP contribution is 2.09. The van der Waals surface area contributed by atoms with Crippen molar-refractivity contribution in [2.24, 2.45) is 5.10 Å². The van der Waals surface area contributed by atoms with Crippen molar-refractivity contribution in [1.29, 1.82) is 0 Å². The molecule has 0 fully saturated rings. The van der Waals surface area contributed by atoms with E-state index in [0.717, 1.165) is 22.2 Å². The van der Waals surface area contributed by atoms with Crippen molar-refractivity contribution in [2.45, 2.75) is 13.5 Å². The molecular formula is C16H15N5O. The van der Waals surface area contributed by atoms with Crippen molar-refractivity contribution in [3.63, 3.8) is 0 Å². The number of fused-ring (bicyclic) bond motifs is 1. The molecule has 0 saturated heterocycles. The Morgan fingerprint density at radius 1 is 1.27 bits per heavy atom. The lowest BCUT2D eigenvalue weighted by Gasteiger charge is -2.01. The van der Waals surface area contributed by atoms with Crippen molar-refractivity contribution in [1.82, 2.24) is 20.4 Å². The maximum atomic E-state index is 11.9. The molecule has 6 heteroatoms. The average molecular weight is 293 g/mol. The van der Waals surface area contributed by atoms with Crippen molar-refractivity contribution in [2.75, 3.05) is 0 Å². The number of rotatable bonds is 4. The van der Waals surface area contributed by atoms with E-state index in [1.807, 2.05) is 55.5 Å². The van der Waals surface area contributed by atoms with Crippen LogP contribution in [0, 0.1) is 6.92 Å². The Labute approximate surface area is 127 Å². The van der Waals surface area contributed by atoms with Crippen LogP contribution in [0.15, 0.2) is 53.6 Å². The fraction of sp³-hybridized carbons (Fsp3) is 0.125. The number of para-hydroxylation sites is 1. The molecule has 3 aromatic rings. The molecular weight excluding hydrogens is 278 g/mol. The van der Waals surface area contributed by atoms with Crippen molar-refractivity contribution >= 4 is 23.2 Å². The maximum Gasteiger partial charge on any atom is 0.261 e. The maximum absolute atomic E-state index is 11.9. The molecule has 1 N–H and O–H groups in total. The summed E-state index contributed by atoms with van der Waals surface area (Å²) in [7, 11) is 0. The van der Waals surface area contributed by atoms with E-state index in [2.05, 4.69) is 20.8 Å². The van der Waals surface area contributed by atoms with E-state index in [4.69, 9.17) is 0 Å². The van der Waals surface area contributed by atoms with Crippen LogP contribution < -0.4 is 5.43 Å². The summed E-state index contributed by atoms with van der Waals surface area (Å²) in [6, 6.07) is 15.4. The van der Waals surface area contributed by atoms with Gasteiger partial charge in [0, 0.05) is 0 Å². The fourth-order valence-corrected chi connectivity index (χ4v) is 2.13. The molecule has 0 aliphatic rings. The first kappa shape index (κ1) is 13.9. The highest BCUT2D eigenvalue weighted by Gasteiger charge is 2.07. The van der Waals surface area contributed by atoms with E-state index in [0.29, 0.717) is 0 Å². The van der Waals surface area contributed by atoms with Gasteiger partial charge in [0.25, 0.3) is 5.91 Å². The van der Waals surface area contributed by atoms with Gasteiger partial charge in [-0.2, -0.15) is 5.10 Å². The normalized spacial score (nSPS) is 11.1. The predicted molar refractivity (Wildman–Crippen MR) is 84.4 cm³/mol. The van der Waals surface area contributed by atoms with Gasteiger partial charge < -0.3 is 0 Å². The minimum Gasteiger partial charge on any atom is -0.271 e. The number of hydrazone groups is 1. The minimum absolute atomic E-state index is 0.0751. The van der Waals surface area contributed by atoms with Crippen molar-refractivity contribution in [3.8, 4) is 0 Å². The van der Waals surface area contributed by atoms with Crippen LogP contribution in [0.2, 0.25) is 0 Å². The smallest absolute Gasteiger partial charge is 0.261 e. The van der Waals surface area contributed by atoms with Gasteiger partial charge in [-0.1, -0.05) is 47.2 Å². The largest absolute Gasteiger partial charge is 0.271 e. The Kier molecular flexibility index (Phi) is 3.91. The number of hydrogen-bond donors (Lipinski definition) is 1. The van der Waals surface area contributed by atoms with Gasteiger partial charge in [0.05, 0.1) is 11.7 Å². The van der Waals surface area contributed by atoms with Crippen LogP contribution in [0.4, 0.5) is 0 Å². The lowest BCUT2D eigenvalue weighted by Crippen LogP contribution is -2.23. The molecule has 3 rings (SSSR count). The summed E-state index contributed by atoms with van der Waals surface area (Å²) in [6.45, 7) is 2.08. The molecule has 0 radical (unpaired) electrons. The quantitative estimate of drug-likeness (QED) is 0.590. The Balaban J connectivity index is 1.63. The lowest BCUT2D eigenvalue weighted by atomic mass is 10.2. The number of amides is 1. The first-order chi connectivity index (χ1) is 10.7. The Morgan fingerprint density at radius 2 is 2.14 bits per heavy atom. The topological polar surface area (TPSA) is 72.2 Å². The number of carbonyl (C=O) groups excluding carboxylic acids is 1. The van der Waals surface area contributed by atoms with E-state index in [9.17, 15) is 4.79 Å². The van der Waals surface area contributed by atoms with Gasteiger partial charge in [0.2, 0.25) is 0 Å². The molecule has 0 atom stereocenters. The van der Waals surface area contributed by atoms with Crippen LogP contribution in [0.25, 0.3) is 11.0 Å². The molecule has 2 aromatic carbocycles. The van der Waals surface area contributed by atoms with Gasteiger partial charge in [-0.3, -0.25) is 4.79 Å². The van der Waals surface area contributed by atoms with Gasteiger partial charge in [-0.15, -0.1) is 5.10 Å². The molecule has 0 aliphatic carbocycles. The van der Waals surface area contributed by atoms with E-state index < -0.39 is 0 Å². The van der Waals surface area contributed by atoms with Gasteiger partial charge in [-0.25, -0.2) is 10.1 Å². The molecule has 0 saturated carbocycles. The Bertz CT molecular complexity index is 837. The zero-order chi connectivity index (χ0) is 15.4. The third-order valence-corrected chi connectivity index (χ3v) is 3.16. The third kappa shape index (κ3) is 3.17. The number of aryl methyl sites for hydroxylation is 1. The highest BCUT2D eigenvalue weighted by atomic mass is 16.2. The second kappa shape index (κ2) is 6.17.